The van der Waals surface area contributed by atoms with Gasteiger partial charge in [0.15, 0.2) is 0 Å². The molecular weight excluding hydrogens is 399 g/mol. The molecule has 10 heteroatoms. The van der Waals surface area contributed by atoms with E-state index in [1.54, 1.807) is 0 Å². The van der Waals surface area contributed by atoms with Crippen molar-refractivity contribution < 1.29 is 23.6 Å². The van der Waals surface area contributed by atoms with Crippen molar-refractivity contribution in [1.29, 1.82) is 0 Å². The van der Waals surface area contributed by atoms with Crippen LogP contribution in [-0.4, -0.2) is 35.3 Å². The Balaban J connectivity index is 1.43. The lowest BCUT2D eigenvalue weighted by Crippen LogP contribution is -2.47. The van der Waals surface area contributed by atoms with Gasteiger partial charge in [-0.25, -0.2) is 14.0 Å². The largest absolute Gasteiger partial charge is 0.326 e. The second-order valence-electron chi connectivity index (χ2n) is 6.82. The minimum absolute atomic E-state index is 0.0982. The molecule has 1 atom stereocenters. The first kappa shape index (κ1) is 19.1. The number of carbonyl (C=O) groups excluding carboxylic acids is 4. The van der Waals surface area contributed by atoms with Gasteiger partial charge in [-0.3, -0.25) is 19.8 Å². The quantitative estimate of drug-likeness (QED) is 0.668. The predicted octanol–water partition coefficient (Wildman–Crippen LogP) is 2.32. The molecule has 1 aliphatic carbocycles. The average Bonchev–Trinajstić information content (AvgIpc) is 3.24. The fourth-order valence-electron chi connectivity index (χ4n) is 3.71. The Labute approximate surface area is 169 Å². The number of benzene rings is 1. The molecule has 1 saturated heterocycles. The van der Waals surface area contributed by atoms with E-state index in [0.29, 0.717) is 6.42 Å². The smallest absolute Gasteiger partial charge is 0.319 e. The van der Waals surface area contributed by atoms with E-state index in [2.05, 4.69) is 10.6 Å². The van der Waals surface area contributed by atoms with Crippen molar-refractivity contribution in [1.82, 2.24) is 15.5 Å². The lowest BCUT2D eigenvalue weighted by Gasteiger charge is -2.31. The minimum atomic E-state index is -1.15. The summed E-state index contributed by atoms with van der Waals surface area (Å²) in [5, 5.41) is 8.81. The van der Waals surface area contributed by atoms with Crippen LogP contribution >= 0.6 is 11.3 Å². The molecule has 150 valence electrons. The molecule has 1 spiro atoms. The van der Waals surface area contributed by atoms with Gasteiger partial charge in [-0.1, -0.05) is 12.1 Å². The number of hydrogen-bond acceptors (Lipinski definition) is 5. The Kier molecular flexibility index (Phi) is 4.79. The van der Waals surface area contributed by atoms with Crippen molar-refractivity contribution in [2.75, 3.05) is 11.9 Å². The van der Waals surface area contributed by atoms with Crippen LogP contribution in [0.1, 0.15) is 23.3 Å². The second-order valence-corrected chi connectivity index (χ2v) is 7.82. The third-order valence-corrected chi connectivity index (χ3v) is 5.99. The number of imide groups is 2. The molecule has 2 aromatic rings. The van der Waals surface area contributed by atoms with E-state index in [4.69, 9.17) is 0 Å². The van der Waals surface area contributed by atoms with Crippen molar-refractivity contribution in [3.05, 3.63) is 52.0 Å². The summed E-state index contributed by atoms with van der Waals surface area (Å²) in [4.78, 5) is 51.4. The molecule has 2 aliphatic rings. The van der Waals surface area contributed by atoms with Gasteiger partial charge in [0.05, 0.1) is 5.69 Å². The number of carbonyl (C=O) groups is 4. The van der Waals surface area contributed by atoms with Crippen LogP contribution in [0, 0.1) is 5.82 Å². The maximum absolute atomic E-state index is 13.6. The fourth-order valence-corrected chi connectivity index (χ4v) is 4.71. The molecule has 0 unspecified atom stereocenters. The van der Waals surface area contributed by atoms with Gasteiger partial charge >= 0.3 is 12.1 Å². The molecule has 1 aliphatic heterocycles. The summed E-state index contributed by atoms with van der Waals surface area (Å²) < 4.78 is 13.6. The zero-order chi connectivity index (χ0) is 20.6. The molecule has 1 aromatic heterocycles. The number of rotatable bonds is 3. The molecule has 0 bridgehead atoms. The molecule has 0 saturated carbocycles. The number of thiophene rings is 1. The molecule has 0 radical (unpaired) electrons. The molecule has 3 N–H and O–H groups in total. The number of nitrogens with zero attached hydrogens (tertiary/aromatic N) is 1. The van der Waals surface area contributed by atoms with Crippen LogP contribution < -0.4 is 16.0 Å². The van der Waals surface area contributed by atoms with Gasteiger partial charge in [0, 0.05) is 10.4 Å². The summed E-state index contributed by atoms with van der Waals surface area (Å²) >= 11 is 1.53. The van der Waals surface area contributed by atoms with Crippen LogP contribution in [0.25, 0.3) is 0 Å². The topological polar surface area (TPSA) is 108 Å². The number of para-hydroxylation sites is 1. The summed E-state index contributed by atoms with van der Waals surface area (Å²) in [6.07, 6.45) is 2.03. The number of aryl methyl sites for hydroxylation is 1. The van der Waals surface area contributed by atoms with Gasteiger partial charge in [0.2, 0.25) is 5.91 Å². The molecule has 1 aromatic carbocycles. The summed E-state index contributed by atoms with van der Waals surface area (Å²) in [6.45, 7) is -0.615. The van der Waals surface area contributed by atoms with Crippen LogP contribution in [0.3, 0.4) is 0 Å². The van der Waals surface area contributed by atoms with Crippen molar-refractivity contribution >= 4 is 40.9 Å². The highest BCUT2D eigenvalue weighted by Gasteiger charge is 2.54. The van der Waals surface area contributed by atoms with E-state index < -0.39 is 41.8 Å². The van der Waals surface area contributed by atoms with Crippen LogP contribution in [0.2, 0.25) is 0 Å². The highest BCUT2D eigenvalue weighted by molar-refractivity contribution is 7.10. The van der Waals surface area contributed by atoms with Gasteiger partial charge in [0.1, 0.15) is 17.9 Å². The average molecular weight is 416 g/mol. The zero-order valence-electron chi connectivity index (χ0n) is 15.2. The number of urea groups is 2. The van der Waals surface area contributed by atoms with Crippen LogP contribution in [-0.2, 0) is 21.5 Å². The van der Waals surface area contributed by atoms with E-state index in [1.807, 2.05) is 16.8 Å². The van der Waals surface area contributed by atoms with E-state index in [-0.39, 0.29) is 5.69 Å². The normalized spacial score (nSPS) is 20.4. The molecule has 4 rings (SSSR count). The first-order chi connectivity index (χ1) is 13.9. The Bertz CT molecular complexity index is 1020. The van der Waals surface area contributed by atoms with E-state index >= 15 is 0 Å². The van der Waals surface area contributed by atoms with E-state index in [0.717, 1.165) is 34.2 Å². The summed E-state index contributed by atoms with van der Waals surface area (Å²) in [6, 6.07) is 5.66. The number of amides is 6. The highest BCUT2D eigenvalue weighted by atomic mass is 32.1. The number of anilines is 1. The minimum Gasteiger partial charge on any atom is -0.319 e. The number of hydrogen-bond donors (Lipinski definition) is 3. The summed E-state index contributed by atoms with van der Waals surface area (Å²) in [7, 11) is 0. The summed E-state index contributed by atoms with van der Waals surface area (Å²) in [5.41, 5.74) is -0.480. The predicted molar refractivity (Wildman–Crippen MR) is 103 cm³/mol. The van der Waals surface area contributed by atoms with E-state index in [1.165, 1.54) is 29.5 Å². The molecular formula is C19H17FN4O4S. The maximum Gasteiger partial charge on any atom is 0.326 e. The standard InChI is InChI=1S/C19H17FN4O4S/c20-12-4-1-2-5-13(12)21-17(27)22-15(25)10-24-16(26)19(23-18(24)28)8-3-6-14-11(19)7-9-29-14/h1-2,4-5,7,9H,3,6,8,10H2,(H,23,28)(H2,21,22,25,27)/t19-/m1/s1. The van der Waals surface area contributed by atoms with Gasteiger partial charge in [-0.05, 0) is 42.8 Å². The van der Waals surface area contributed by atoms with Crippen molar-refractivity contribution in [3.8, 4) is 0 Å². The third-order valence-electron chi connectivity index (χ3n) is 5.01. The second kappa shape index (κ2) is 7.28. The van der Waals surface area contributed by atoms with Gasteiger partial charge < -0.3 is 10.6 Å². The first-order valence-corrected chi connectivity index (χ1v) is 9.85. The van der Waals surface area contributed by atoms with Crippen molar-refractivity contribution in [2.24, 2.45) is 0 Å². The van der Waals surface area contributed by atoms with Gasteiger partial charge in [0.25, 0.3) is 5.91 Å². The van der Waals surface area contributed by atoms with Crippen LogP contribution in [0.4, 0.5) is 19.7 Å². The lowest BCUT2D eigenvalue weighted by molar-refractivity contribution is -0.135. The molecule has 8 nitrogen and oxygen atoms in total. The molecule has 1 fully saturated rings. The van der Waals surface area contributed by atoms with Crippen molar-refractivity contribution in [2.45, 2.75) is 24.8 Å². The lowest BCUT2D eigenvalue weighted by atomic mass is 9.80. The first-order valence-electron chi connectivity index (χ1n) is 8.97. The fraction of sp³-hybridized carbons (Fsp3) is 0.263. The summed E-state index contributed by atoms with van der Waals surface area (Å²) in [5.74, 6) is -2.03. The van der Waals surface area contributed by atoms with Gasteiger partial charge in [-0.2, -0.15) is 0 Å². The molecule has 6 amide bonds. The highest BCUT2D eigenvalue weighted by Crippen LogP contribution is 2.41. The third kappa shape index (κ3) is 3.35. The van der Waals surface area contributed by atoms with Crippen LogP contribution in [0.5, 0.6) is 0 Å². The van der Waals surface area contributed by atoms with Crippen molar-refractivity contribution in [3.63, 3.8) is 0 Å². The zero-order valence-corrected chi connectivity index (χ0v) is 16.0. The van der Waals surface area contributed by atoms with Gasteiger partial charge in [-0.15, -0.1) is 11.3 Å². The Morgan fingerprint density at radius 2 is 2.03 bits per heavy atom. The Morgan fingerprint density at radius 1 is 1.24 bits per heavy atom. The number of nitrogens with one attached hydrogen (secondary N) is 3. The Hall–Kier alpha value is -3.27. The van der Waals surface area contributed by atoms with E-state index in [9.17, 15) is 23.6 Å². The molecule has 29 heavy (non-hydrogen) atoms. The number of halogens is 1. The molecule has 2 heterocycles. The SMILES string of the molecule is O=C(CN1C(=O)N[C@@]2(CCCc3sccc32)C1=O)NC(=O)Nc1ccccc1F. The number of fused-ring (bicyclic) bond motifs is 2. The maximum atomic E-state index is 13.6. The Morgan fingerprint density at radius 3 is 2.83 bits per heavy atom. The monoisotopic (exact) mass is 416 g/mol. The van der Waals surface area contributed by atoms with Crippen LogP contribution in [0.15, 0.2) is 35.7 Å².